The summed E-state index contributed by atoms with van der Waals surface area (Å²) < 4.78 is 13.6. The fraction of sp³-hybridized carbons (Fsp3) is 0.531. The molecule has 1 amide bonds. The molecular formula is C32H39N3O4. The van der Waals surface area contributed by atoms with Crippen LogP contribution < -0.4 is 10.3 Å². The Morgan fingerprint density at radius 3 is 2.59 bits per heavy atom. The number of unbranched alkanes of at least 4 members (excludes halogenated alkanes) is 1. The minimum absolute atomic E-state index is 0.106. The van der Waals surface area contributed by atoms with Crippen LogP contribution in [-0.4, -0.2) is 52.8 Å². The van der Waals surface area contributed by atoms with Crippen LogP contribution in [0.4, 0.5) is 0 Å². The minimum atomic E-state index is -0.416. The zero-order valence-electron chi connectivity index (χ0n) is 23.0. The van der Waals surface area contributed by atoms with Crippen LogP contribution >= 0.6 is 0 Å². The molecule has 0 N–H and O–H groups in total. The lowest BCUT2D eigenvalue weighted by molar-refractivity contribution is 0.0233. The summed E-state index contributed by atoms with van der Waals surface area (Å²) in [5.41, 5.74) is 1.19. The van der Waals surface area contributed by atoms with Gasteiger partial charge in [-0.25, -0.2) is 0 Å². The zero-order chi connectivity index (χ0) is 26.8. The second-order valence-electron chi connectivity index (χ2n) is 11.4. The third kappa shape index (κ3) is 4.86. The number of benzene rings is 2. The highest BCUT2D eigenvalue weighted by Crippen LogP contribution is 2.46. The number of hydrogen-bond donors (Lipinski definition) is 0. The molecule has 0 radical (unpaired) electrons. The first-order valence-corrected chi connectivity index (χ1v) is 14.7. The molecule has 7 nitrogen and oxygen atoms in total. The summed E-state index contributed by atoms with van der Waals surface area (Å²) >= 11 is 0. The van der Waals surface area contributed by atoms with Crippen LogP contribution in [0.5, 0.6) is 5.75 Å². The van der Waals surface area contributed by atoms with Gasteiger partial charge < -0.3 is 18.9 Å². The van der Waals surface area contributed by atoms with E-state index < -0.39 is 5.56 Å². The molecule has 6 rings (SSSR count). The van der Waals surface area contributed by atoms with E-state index in [-0.39, 0.29) is 23.1 Å². The molecule has 7 heteroatoms. The van der Waals surface area contributed by atoms with Gasteiger partial charge in [-0.3, -0.25) is 9.59 Å². The second-order valence-corrected chi connectivity index (χ2v) is 11.4. The number of aromatic nitrogens is 2. The lowest BCUT2D eigenvalue weighted by Gasteiger charge is -2.39. The monoisotopic (exact) mass is 529 g/mol. The average molecular weight is 530 g/mol. The van der Waals surface area contributed by atoms with E-state index in [1.165, 1.54) is 16.3 Å². The topological polar surface area (TPSA) is 73.7 Å². The van der Waals surface area contributed by atoms with Crippen LogP contribution in [0.2, 0.25) is 0 Å². The summed E-state index contributed by atoms with van der Waals surface area (Å²) in [6.07, 6.45) is 8.45. The molecule has 1 saturated carbocycles. The molecule has 1 aromatic heterocycles. The molecule has 2 aromatic carbocycles. The summed E-state index contributed by atoms with van der Waals surface area (Å²) in [5, 5.41) is 2.50. The first kappa shape index (κ1) is 26.1. The Bertz CT molecular complexity index is 1400. The molecule has 0 spiro atoms. The standard InChI is InChI=1S/C32H39N3O4/c1-2-3-19-39-29-28-31(37)34(24-13-20-38-21-14-24)17-18-35(28)27(33-30(29)36)22-32(15-6-7-16-32)26-12-8-10-23-9-4-5-11-25(23)26/h4-5,8-12,24H,2-3,6-7,13-22H2,1H3. The molecule has 1 saturated heterocycles. The number of hydrogen-bond acceptors (Lipinski definition) is 5. The molecule has 2 aliphatic heterocycles. The highest BCUT2D eigenvalue weighted by Gasteiger charge is 2.41. The third-order valence-electron chi connectivity index (χ3n) is 9.04. The van der Waals surface area contributed by atoms with E-state index in [9.17, 15) is 9.59 Å². The average Bonchev–Trinajstić information content (AvgIpc) is 3.44. The fourth-order valence-corrected chi connectivity index (χ4v) is 6.99. The van der Waals surface area contributed by atoms with Crippen LogP contribution in [0.1, 0.15) is 80.2 Å². The van der Waals surface area contributed by atoms with Crippen molar-refractivity contribution in [2.45, 2.75) is 82.7 Å². The zero-order valence-corrected chi connectivity index (χ0v) is 23.0. The van der Waals surface area contributed by atoms with Crippen LogP contribution in [0.3, 0.4) is 0 Å². The number of fused-ring (bicyclic) bond motifs is 2. The van der Waals surface area contributed by atoms with E-state index in [2.05, 4.69) is 54.4 Å². The van der Waals surface area contributed by atoms with Crippen LogP contribution in [0.25, 0.3) is 10.8 Å². The van der Waals surface area contributed by atoms with Crippen molar-refractivity contribution < 1.29 is 14.3 Å². The maximum Gasteiger partial charge on any atom is 0.316 e. The van der Waals surface area contributed by atoms with E-state index in [0.717, 1.165) is 51.4 Å². The number of carbonyl (C=O) groups is 1. The highest BCUT2D eigenvalue weighted by molar-refractivity contribution is 5.96. The van der Waals surface area contributed by atoms with E-state index in [0.29, 0.717) is 50.8 Å². The van der Waals surface area contributed by atoms with Gasteiger partial charge in [0.1, 0.15) is 5.82 Å². The summed E-state index contributed by atoms with van der Waals surface area (Å²) in [6.45, 7) is 5.05. The van der Waals surface area contributed by atoms with Crippen molar-refractivity contribution in [3.63, 3.8) is 0 Å². The lowest BCUT2D eigenvalue weighted by atomic mass is 9.74. The predicted octanol–water partition coefficient (Wildman–Crippen LogP) is 5.26. The van der Waals surface area contributed by atoms with Gasteiger partial charge in [0, 0.05) is 44.2 Å². The van der Waals surface area contributed by atoms with Crippen molar-refractivity contribution in [2.24, 2.45) is 0 Å². The smallest absolute Gasteiger partial charge is 0.316 e. The van der Waals surface area contributed by atoms with Crippen molar-refractivity contribution in [2.75, 3.05) is 26.4 Å². The molecule has 2 fully saturated rings. The lowest BCUT2D eigenvalue weighted by Crippen LogP contribution is -2.50. The Kier molecular flexibility index (Phi) is 7.43. The second kappa shape index (κ2) is 11.1. The van der Waals surface area contributed by atoms with E-state index in [1.807, 2.05) is 9.47 Å². The molecule has 39 heavy (non-hydrogen) atoms. The largest absolute Gasteiger partial charge is 0.486 e. The molecule has 3 aliphatic rings. The van der Waals surface area contributed by atoms with E-state index >= 15 is 0 Å². The van der Waals surface area contributed by atoms with Gasteiger partial charge in [-0.2, -0.15) is 4.98 Å². The van der Waals surface area contributed by atoms with Gasteiger partial charge in [0.15, 0.2) is 5.69 Å². The molecular weight excluding hydrogens is 490 g/mol. The van der Waals surface area contributed by atoms with Gasteiger partial charge in [0.05, 0.1) is 6.61 Å². The van der Waals surface area contributed by atoms with Crippen LogP contribution in [0, 0.1) is 0 Å². The first-order chi connectivity index (χ1) is 19.1. The van der Waals surface area contributed by atoms with Gasteiger partial charge in [0.25, 0.3) is 5.91 Å². The number of rotatable bonds is 8. The number of carbonyl (C=O) groups excluding carboxylic acids is 1. The van der Waals surface area contributed by atoms with Crippen molar-refractivity contribution in [1.82, 2.24) is 14.5 Å². The van der Waals surface area contributed by atoms with Crippen molar-refractivity contribution in [3.05, 3.63) is 69.9 Å². The minimum Gasteiger partial charge on any atom is -0.486 e. The SMILES string of the molecule is CCCCOc1c2n(c(CC3(c4cccc5ccccc45)CCCC3)nc1=O)CCN(C1CCOCC1)C2=O. The van der Waals surface area contributed by atoms with Crippen molar-refractivity contribution in [1.29, 1.82) is 0 Å². The predicted molar refractivity (Wildman–Crippen MR) is 152 cm³/mol. The summed E-state index contributed by atoms with van der Waals surface area (Å²) in [5.74, 6) is 0.735. The van der Waals surface area contributed by atoms with Gasteiger partial charge in [-0.05, 0) is 48.4 Å². The first-order valence-electron chi connectivity index (χ1n) is 14.7. The molecule has 206 valence electrons. The summed E-state index contributed by atoms with van der Waals surface area (Å²) in [7, 11) is 0. The van der Waals surface area contributed by atoms with Gasteiger partial charge >= 0.3 is 5.56 Å². The maximum atomic E-state index is 14.1. The molecule has 3 aromatic rings. The summed E-state index contributed by atoms with van der Waals surface area (Å²) in [4.78, 5) is 34.2. The fourth-order valence-electron chi connectivity index (χ4n) is 6.99. The molecule has 3 heterocycles. The molecule has 0 bridgehead atoms. The Labute approximate surface area is 230 Å². The van der Waals surface area contributed by atoms with Crippen molar-refractivity contribution >= 4 is 16.7 Å². The Hall–Kier alpha value is -3.19. The normalized spacial score (nSPS) is 19.4. The number of ether oxygens (including phenoxy) is 2. The van der Waals surface area contributed by atoms with Gasteiger partial charge in [-0.1, -0.05) is 68.7 Å². The van der Waals surface area contributed by atoms with E-state index in [4.69, 9.17) is 9.47 Å². The quantitative estimate of drug-likeness (QED) is 0.372. The Morgan fingerprint density at radius 1 is 1.03 bits per heavy atom. The molecule has 0 unspecified atom stereocenters. The maximum absolute atomic E-state index is 14.1. The Morgan fingerprint density at radius 2 is 1.79 bits per heavy atom. The third-order valence-corrected chi connectivity index (χ3v) is 9.04. The van der Waals surface area contributed by atoms with Crippen LogP contribution in [-0.2, 0) is 23.1 Å². The highest BCUT2D eigenvalue weighted by atomic mass is 16.5. The van der Waals surface area contributed by atoms with Gasteiger partial charge in [0.2, 0.25) is 5.75 Å². The van der Waals surface area contributed by atoms with Gasteiger partial charge in [-0.15, -0.1) is 0 Å². The number of amides is 1. The van der Waals surface area contributed by atoms with Crippen LogP contribution in [0.15, 0.2) is 47.3 Å². The van der Waals surface area contributed by atoms with E-state index in [1.54, 1.807) is 0 Å². The molecule has 0 atom stereocenters. The Balaban J connectivity index is 1.44. The number of nitrogens with zero attached hydrogens (tertiary/aromatic N) is 3. The summed E-state index contributed by atoms with van der Waals surface area (Å²) in [6, 6.07) is 15.3. The molecule has 1 aliphatic carbocycles. The van der Waals surface area contributed by atoms with Crippen molar-refractivity contribution in [3.8, 4) is 5.75 Å².